The third-order valence-corrected chi connectivity index (χ3v) is 8.15. The zero-order valence-corrected chi connectivity index (χ0v) is 15.3. The molecule has 0 radical (unpaired) electrons. The van der Waals surface area contributed by atoms with Gasteiger partial charge in [-0.25, -0.2) is 0 Å². The first-order chi connectivity index (χ1) is 12.5. The van der Waals surface area contributed by atoms with Gasteiger partial charge in [0.05, 0.1) is 11.2 Å². The number of nitrogens with two attached hydrogens (primary N) is 1. The van der Waals surface area contributed by atoms with Crippen LogP contribution in [0.3, 0.4) is 0 Å². The van der Waals surface area contributed by atoms with E-state index in [-0.39, 0.29) is 17.2 Å². The van der Waals surface area contributed by atoms with Crippen molar-refractivity contribution < 1.29 is 15.0 Å². The van der Waals surface area contributed by atoms with Gasteiger partial charge in [0, 0.05) is 11.0 Å². The molecule has 0 heterocycles. The molecule has 1 amide bonds. The van der Waals surface area contributed by atoms with Gasteiger partial charge in [-0.05, 0) is 67.9 Å². The highest BCUT2D eigenvalue weighted by Gasteiger charge is 2.64. The predicted molar refractivity (Wildman–Crippen MR) is 99.0 cm³/mol. The number of rotatable bonds is 3. The van der Waals surface area contributed by atoms with Crippen molar-refractivity contribution in [2.24, 2.45) is 23.5 Å². The van der Waals surface area contributed by atoms with Crippen molar-refractivity contribution in [3.63, 3.8) is 0 Å². The molecule has 3 saturated carbocycles. The lowest BCUT2D eigenvalue weighted by Gasteiger charge is -2.63. The second kappa shape index (κ2) is 5.48. The molecule has 1 unspecified atom stereocenters. The number of phenols is 1. The Morgan fingerprint density at radius 2 is 1.92 bits per heavy atom. The zero-order chi connectivity index (χ0) is 18.1. The normalized spacial score (nSPS) is 38.3. The van der Waals surface area contributed by atoms with Gasteiger partial charge in [-0.2, -0.15) is 0 Å². The molecule has 1 aromatic carbocycles. The Morgan fingerprint density at radius 1 is 1.15 bits per heavy atom. The number of hydrogen-bond donors (Lipinski definition) is 3. The number of aromatic hydroxyl groups is 1. The van der Waals surface area contributed by atoms with Crippen LogP contribution in [0.4, 0.5) is 0 Å². The van der Waals surface area contributed by atoms with Gasteiger partial charge >= 0.3 is 0 Å². The second-order valence-electron chi connectivity index (χ2n) is 9.36. The smallest absolute Gasteiger partial charge is 0.252 e. The van der Waals surface area contributed by atoms with Gasteiger partial charge in [0.2, 0.25) is 0 Å². The highest BCUT2D eigenvalue weighted by Crippen LogP contribution is 2.65. The van der Waals surface area contributed by atoms with E-state index in [0.717, 1.165) is 62.0 Å². The molecule has 4 aliphatic carbocycles. The molecule has 4 heteroatoms. The molecule has 140 valence electrons. The van der Waals surface area contributed by atoms with E-state index in [9.17, 15) is 15.0 Å². The van der Waals surface area contributed by atoms with Crippen LogP contribution in [-0.2, 0) is 11.8 Å². The first-order valence-electron chi connectivity index (χ1n) is 10.3. The van der Waals surface area contributed by atoms with E-state index in [2.05, 4.69) is 0 Å². The summed E-state index contributed by atoms with van der Waals surface area (Å²) < 4.78 is 0. The van der Waals surface area contributed by atoms with Crippen molar-refractivity contribution in [3.05, 3.63) is 28.8 Å². The molecule has 0 saturated heterocycles. The summed E-state index contributed by atoms with van der Waals surface area (Å²) in [5.74, 6) is 1.18. The average molecular weight is 355 g/mol. The number of amides is 1. The van der Waals surface area contributed by atoms with Crippen molar-refractivity contribution in [1.82, 2.24) is 0 Å². The number of carbonyl (C=O) groups excluding carboxylic acids is 1. The van der Waals surface area contributed by atoms with Crippen LogP contribution in [0, 0.1) is 17.8 Å². The molecular weight excluding hydrogens is 326 g/mol. The highest BCUT2D eigenvalue weighted by molar-refractivity contribution is 5.96. The van der Waals surface area contributed by atoms with E-state index in [1.807, 2.05) is 6.07 Å². The molecule has 5 rings (SSSR count). The lowest BCUT2D eigenvalue weighted by Crippen LogP contribution is -2.65. The average Bonchev–Trinajstić information content (AvgIpc) is 3.41. The van der Waals surface area contributed by atoms with Gasteiger partial charge in [0.25, 0.3) is 5.91 Å². The van der Waals surface area contributed by atoms with Gasteiger partial charge in [-0.1, -0.05) is 31.7 Å². The van der Waals surface area contributed by atoms with Crippen LogP contribution >= 0.6 is 0 Å². The van der Waals surface area contributed by atoms with Crippen LogP contribution in [-0.4, -0.2) is 21.7 Å². The van der Waals surface area contributed by atoms with Crippen molar-refractivity contribution >= 4 is 5.91 Å². The van der Waals surface area contributed by atoms with E-state index in [4.69, 9.17) is 5.73 Å². The zero-order valence-electron chi connectivity index (χ0n) is 15.3. The molecule has 0 aromatic heterocycles. The lowest BCUT2D eigenvalue weighted by atomic mass is 9.43. The number of carbonyl (C=O) groups is 1. The summed E-state index contributed by atoms with van der Waals surface area (Å²) in [5, 5.41) is 23.0. The molecule has 0 spiro atoms. The standard InChI is InChI=1S/C22H29NO3/c23-20(25)16-6-5-15-12-17-14(11-13-3-4-13)7-10-21(18(15)19(16)24)8-1-2-9-22(17,21)26/h5-6,13-14,17,24,26H,1-4,7-12H2,(H2,23,25)/t14?,17-,21-,22+/m0/s1. The number of benzene rings is 1. The summed E-state index contributed by atoms with van der Waals surface area (Å²) in [6.45, 7) is 0. The molecule has 4 N–H and O–H groups in total. The molecule has 1 aromatic rings. The fourth-order valence-electron chi connectivity index (χ4n) is 6.82. The molecule has 3 fully saturated rings. The topological polar surface area (TPSA) is 83.6 Å². The molecular formula is C22H29NO3. The summed E-state index contributed by atoms with van der Waals surface area (Å²) in [6.07, 6.45) is 10.7. The Bertz CT molecular complexity index is 771. The first-order valence-corrected chi connectivity index (χ1v) is 10.3. The Kier molecular flexibility index (Phi) is 3.50. The van der Waals surface area contributed by atoms with E-state index in [1.165, 1.54) is 19.3 Å². The van der Waals surface area contributed by atoms with Crippen molar-refractivity contribution in [2.45, 2.75) is 75.2 Å². The van der Waals surface area contributed by atoms with E-state index in [0.29, 0.717) is 5.92 Å². The maximum absolute atomic E-state index is 12.0. The number of fused-ring (bicyclic) bond motifs is 1. The van der Waals surface area contributed by atoms with Gasteiger partial charge < -0.3 is 15.9 Å². The second-order valence-corrected chi connectivity index (χ2v) is 9.36. The molecule has 2 bridgehead atoms. The summed E-state index contributed by atoms with van der Waals surface area (Å²) in [4.78, 5) is 11.8. The third kappa shape index (κ3) is 2.08. The Labute approximate surface area is 154 Å². The van der Waals surface area contributed by atoms with Crippen LogP contribution < -0.4 is 5.73 Å². The SMILES string of the molecule is NC(=O)c1ccc2c(c1O)[C@@]13CCCC[C@@]1(O)[C@@H](C2)C(CC1CC1)CC3. The van der Waals surface area contributed by atoms with Crippen LogP contribution in [0.15, 0.2) is 12.1 Å². The van der Waals surface area contributed by atoms with Crippen LogP contribution in [0.1, 0.15) is 79.3 Å². The maximum atomic E-state index is 12.0. The molecule has 0 aliphatic heterocycles. The van der Waals surface area contributed by atoms with Crippen LogP contribution in [0.5, 0.6) is 5.75 Å². The summed E-state index contributed by atoms with van der Waals surface area (Å²) in [7, 11) is 0. The summed E-state index contributed by atoms with van der Waals surface area (Å²) >= 11 is 0. The predicted octanol–water partition coefficient (Wildman–Crippen LogP) is 3.42. The highest BCUT2D eigenvalue weighted by atomic mass is 16.3. The molecule has 26 heavy (non-hydrogen) atoms. The minimum atomic E-state index is -0.746. The van der Waals surface area contributed by atoms with Crippen LogP contribution in [0.2, 0.25) is 0 Å². The molecule has 4 atom stereocenters. The molecule has 4 aliphatic rings. The fourth-order valence-corrected chi connectivity index (χ4v) is 6.82. The number of hydrogen-bond acceptors (Lipinski definition) is 3. The number of aliphatic hydroxyl groups is 1. The fraction of sp³-hybridized carbons (Fsp3) is 0.682. The van der Waals surface area contributed by atoms with E-state index >= 15 is 0 Å². The van der Waals surface area contributed by atoms with Crippen molar-refractivity contribution in [2.75, 3.05) is 0 Å². The lowest BCUT2D eigenvalue weighted by molar-refractivity contribution is -0.167. The minimum absolute atomic E-state index is 0.0365. The maximum Gasteiger partial charge on any atom is 0.252 e. The van der Waals surface area contributed by atoms with Crippen molar-refractivity contribution in [3.8, 4) is 5.75 Å². The molecule has 4 nitrogen and oxygen atoms in total. The van der Waals surface area contributed by atoms with Crippen molar-refractivity contribution in [1.29, 1.82) is 0 Å². The Hall–Kier alpha value is -1.55. The van der Waals surface area contributed by atoms with Gasteiger partial charge in [0.1, 0.15) is 5.75 Å². The Balaban J connectivity index is 1.68. The largest absolute Gasteiger partial charge is 0.507 e. The quantitative estimate of drug-likeness (QED) is 0.777. The minimum Gasteiger partial charge on any atom is -0.507 e. The van der Waals surface area contributed by atoms with E-state index < -0.39 is 16.9 Å². The number of primary amides is 1. The van der Waals surface area contributed by atoms with Gasteiger partial charge in [0.15, 0.2) is 0 Å². The van der Waals surface area contributed by atoms with Gasteiger partial charge in [-0.3, -0.25) is 4.79 Å². The van der Waals surface area contributed by atoms with Gasteiger partial charge in [-0.15, -0.1) is 0 Å². The summed E-state index contributed by atoms with van der Waals surface area (Å²) in [5.41, 5.74) is 6.52. The van der Waals surface area contributed by atoms with Crippen LogP contribution in [0.25, 0.3) is 0 Å². The Morgan fingerprint density at radius 3 is 2.65 bits per heavy atom. The first kappa shape index (κ1) is 16.6. The van der Waals surface area contributed by atoms with E-state index in [1.54, 1.807) is 6.07 Å². The third-order valence-electron chi connectivity index (χ3n) is 8.15. The summed E-state index contributed by atoms with van der Waals surface area (Å²) in [6, 6.07) is 3.66. The monoisotopic (exact) mass is 355 g/mol.